The van der Waals surface area contributed by atoms with Crippen LogP contribution in [0.1, 0.15) is 158 Å². The van der Waals surface area contributed by atoms with Crippen molar-refractivity contribution in [3.05, 3.63) is 173 Å². The molecule has 16 rings (SSSR count). The molecule has 0 saturated heterocycles. The highest BCUT2D eigenvalue weighted by Gasteiger charge is 2.50. The number of rotatable bonds is 2. The maximum atomic E-state index is 2.82. The molecule has 9 aromatic carbocycles. The minimum atomic E-state index is -0.0928. The number of benzene rings is 9. The third kappa shape index (κ3) is 6.89. The lowest BCUT2D eigenvalue weighted by Crippen LogP contribution is -2.66. The Morgan fingerprint density at radius 1 is 0.253 bits per heavy atom. The first-order valence-corrected chi connectivity index (χ1v) is 30.8. The minimum Gasteiger partial charge on any atom is -0.311 e. The Hall–Kier alpha value is -7.49. The van der Waals surface area contributed by atoms with Crippen molar-refractivity contribution in [2.45, 2.75) is 157 Å². The minimum absolute atomic E-state index is 0.00168. The quantitative estimate of drug-likeness (QED) is 0.153. The van der Waals surface area contributed by atoms with Crippen molar-refractivity contribution in [1.29, 1.82) is 0 Å². The number of aromatic nitrogens is 3. The van der Waals surface area contributed by atoms with E-state index in [-0.39, 0.29) is 45.9 Å². The van der Waals surface area contributed by atoms with Gasteiger partial charge in [0.15, 0.2) is 0 Å². The van der Waals surface area contributed by atoms with Gasteiger partial charge in [-0.25, -0.2) is 0 Å². The van der Waals surface area contributed by atoms with E-state index in [2.05, 4.69) is 278 Å². The largest absolute Gasteiger partial charge is 0.311 e. The highest BCUT2D eigenvalue weighted by molar-refractivity contribution is 7.04. The lowest BCUT2D eigenvalue weighted by molar-refractivity contribution is 0.590. The summed E-state index contributed by atoms with van der Waals surface area (Å²) < 4.78 is 8.28. The Kier molecular flexibility index (Phi) is 9.76. The van der Waals surface area contributed by atoms with Crippen LogP contribution in [0.4, 0.5) is 0 Å². The Labute approximate surface area is 491 Å². The summed E-state index contributed by atoms with van der Waals surface area (Å²) in [4.78, 5) is 0. The van der Waals surface area contributed by atoms with Crippen LogP contribution in [-0.2, 0) is 32.5 Å². The van der Waals surface area contributed by atoms with E-state index >= 15 is 0 Å². The van der Waals surface area contributed by atoms with Gasteiger partial charge in [0.1, 0.15) is 0 Å². The van der Waals surface area contributed by atoms with Gasteiger partial charge in [0, 0.05) is 71.4 Å². The second-order valence-corrected chi connectivity index (χ2v) is 31.9. The summed E-state index contributed by atoms with van der Waals surface area (Å²) in [5.74, 6) is 0. The normalized spacial score (nSPS) is 14.6. The average Bonchev–Trinajstić information content (AvgIpc) is 1.74. The predicted octanol–water partition coefficient (Wildman–Crippen LogP) is 16.4. The summed E-state index contributed by atoms with van der Waals surface area (Å²) >= 11 is 0. The summed E-state index contributed by atoms with van der Waals surface area (Å²) in [7, 11) is 0. The predicted molar refractivity (Wildman–Crippen MR) is 362 cm³/mol. The standard InChI is InChI=1S/C78H77B2N3/c1-73(2,3)46-25-19-42(20-26-46)44-23-29-62-52(31-44)54-33-48(75(7,8)9)37-58-68(54)81(62)64-41-65-67-72-66(64)79(58)60-39-50(77(13,14)15)35-56-57-36-51(78(16,17)18)40-61(71(57)83(72)70(56)60)80(67)59-38-49(76(10,11)12)34-55-53-32-45(24-30-63(53)82(65)69(55)59)43-21-27-47(28-22-43)74(4,5)6/h19-41H,1-18H3. The molecule has 410 valence electrons. The van der Waals surface area contributed by atoms with Gasteiger partial charge in [-0.3, -0.25) is 0 Å². The second kappa shape index (κ2) is 15.8. The van der Waals surface area contributed by atoms with Crippen LogP contribution in [0.3, 0.4) is 0 Å². The van der Waals surface area contributed by atoms with Gasteiger partial charge in [0.25, 0.3) is 13.4 Å². The molecule has 12 aromatic rings. The van der Waals surface area contributed by atoms with E-state index < -0.39 is 0 Å². The van der Waals surface area contributed by atoms with E-state index in [1.807, 2.05) is 0 Å². The number of fused-ring (bicyclic) bond motifs is 13. The third-order valence-corrected chi connectivity index (χ3v) is 20.3. The van der Waals surface area contributed by atoms with Gasteiger partial charge in [-0.15, -0.1) is 0 Å². The molecule has 0 atom stereocenters. The molecule has 4 aliphatic heterocycles. The van der Waals surface area contributed by atoms with E-state index in [9.17, 15) is 0 Å². The zero-order valence-electron chi connectivity index (χ0n) is 52.3. The number of hydrogen-bond acceptors (Lipinski definition) is 0. The van der Waals surface area contributed by atoms with Gasteiger partial charge in [0.05, 0.1) is 11.0 Å². The van der Waals surface area contributed by atoms with Crippen molar-refractivity contribution in [3.8, 4) is 39.3 Å². The zero-order valence-corrected chi connectivity index (χ0v) is 52.3. The zero-order chi connectivity index (χ0) is 58.0. The highest BCUT2D eigenvalue weighted by Crippen LogP contribution is 2.47. The van der Waals surface area contributed by atoms with Crippen molar-refractivity contribution in [1.82, 2.24) is 13.7 Å². The molecule has 0 amide bonds. The third-order valence-electron chi connectivity index (χ3n) is 20.3. The molecule has 0 radical (unpaired) electrons. The molecule has 3 nitrogen and oxygen atoms in total. The molecular weight excluding hydrogens is 1000 g/mol. The SMILES string of the molecule is CC(C)(C)c1ccc(-c2ccc3c(c2)c2cc(C(C)(C)C)cc4c2n3-c2cc3c5c6c2B4c2cc(C(C)(C)C)cc4c7cc(C(C)(C)C)cc(c7n-6c24)B5c2cc(C(C)(C)C)cc4c5cc(-c6ccc(C(C)(C)C)cc6)ccc5n-3c24)cc1. The Bertz CT molecular complexity index is 4620. The maximum Gasteiger partial charge on any atom is 0.252 e. The Balaban J connectivity index is 1.10. The molecule has 0 bridgehead atoms. The molecular formula is C78H77B2N3. The molecule has 3 aromatic heterocycles. The first kappa shape index (κ1) is 51.2. The summed E-state index contributed by atoms with van der Waals surface area (Å²) in [5.41, 5.74) is 33.7. The van der Waals surface area contributed by atoms with Crippen LogP contribution in [0.5, 0.6) is 0 Å². The lowest BCUT2D eigenvalue weighted by Gasteiger charge is -2.42. The molecule has 0 N–H and O–H groups in total. The van der Waals surface area contributed by atoms with E-state index in [1.165, 1.54) is 171 Å². The number of nitrogens with zero attached hydrogens (tertiary/aromatic N) is 3. The van der Waals surface area contributed by atoms with Crippen LogP contribution in [0, 0.1) is 0 Å². The maximum absolute atomic E-state index is 2.82. The molecule has 4 aliphatic rings. The van der Waals surface area contributed by atoms with Gasteiger partial charge < -0.3 is 13.7 Å². The van der Waals surface area contributed by atoms with E-state index in [0.29, 0.717) is 0 Å². The van der Waals surface area contributed by atoms with Crippen LogP contribution in [0.25, 0.3) is 105 Å². The topological polar surface area (TPSA) is 14.8 Å². The highest BCUT2D eigenvalue weighted by atomic mass is 15.1. The molecule has 0 spiro atoms. The van der Waals surface area contributed by atoms with Crippen LogP contribution in [0.2, 0.25) is 0 Å². The molecule has 5 heteroatoms. The lowest BCUT2D eigenvalue weighted by atomic mass is 9.29. The van der Waals surface area contributed by atoms with Crippen molar-refractivity contribution in [2.75, 3.05) is 0 Å². The van der Waals surface area contributed by atoms with E-state index in [0.717, 1.165) is 0 Å². The molecule has 83 heavy (non-hydrogen) atoms. The average molecular weight is 1080 g/mol. The van der Waals surface area contributed by atoms with Gasteiger partial charge in [-0.05, 0) is 175 Å². The van der Waals surface area contributed by atoms with E-state index in [4.69, 9.17) is 0 Å². The van der Waals surface area contributed by atoms with Gasteiger partial charge >= 0.3 is 0 Å². The van der Waals surface area contributed by atoms with Crippen molar-refractivity contribution in [2.24, 2.45) is 0 Å². The van der Waals surface area contributed by atoms with E-state index in [1.54, 1.807) is 0 Å². The monoisotopic (exact) mass is 1080 g/mol. The number of hydrogen-bond donors (Lipinski definition) is 0. The molecule has 0 unspecified atom stereocenters. The summed E-state index contributed by atoms with van der Waals surface area (Å²) in [6.45, 7) is 42.8. The fourth-order valence-electron chi connectivity index (χ4n) is 15.5. The smallest absolute Gasteiger partial charge is 0.252 e. The molecule has 7 heterocycles. The van der Waals surface area contributed by atoms with Crippen molar-refractivity contribution < 1.29 is 0 Å². The van der Waals surface area contributed by atoms with Crippen LogP contribution in [-0.4, -0.2) is 27.1 Å². The van der Waals surface area contributed by atoms with Crippen molar-refractivity contribution >= 4 is 112 Å². The summed E-state index contributed by atoms with van der Waals surface area (Å²) in [5, 5.41) is 8.08. The fraction of sp³-hybridized carbons (Fsp3) is 0.308. The Morgan fingerprint density at radius 2 is 0.530 bits per heavy atom. The summed E-state index contributed by atoms with van der Waals surface area (Å²) in [6.07, 6.45) is 0. The molecule has 0 fully saturated rings. The van der Waals surface area contributed by atoms with Crippen LogP contribution < -0.4 is 32.8 Å². The molecule has 0 aliphatic carbocycles. The van der Waals surface area contributed by atoms with Crippen LogP contribution in [0.15, 0.2) is 140 Å². The first-order valence-electron chi connectivity index (χ1n) is 30.8. The Morgan fingerprint density at radius 3 is 0.831 bits per heavy atom. The van der Waals surface area contributed by atoms with Crippen molar-refractivity contribution in [3.63, 3.8) is 0 Å². The summed E-state index contributed by atoms with van der Waals surface area (Å²) in [6, 6.07) is 57.0. The molecule has 0 saturated carbocycles. The van der Waals surface area contributed by atoms with Crippen LogP contribution >= 0.6 is 0 Å². The fourth-order valence-corrected chi connectivity index (χ4v) is 15.5. The first-order chi connectivity index (χ1) is 38.9. The van der Waals surface area contributed by atoms with Gasteiger partial charge in [0.2, 0.25) is 0 Å². The van der Waals surface area contributed by atoms with Gasteiger partial charge in [-0.2, -0.15) is 0 Å². The second-order valence-electron chi connectivity index (χ2n) is 31.9. The van der Waals surface area contributed by atoms with Gasteiger partial charge in [-0.1, -0.05) is 210 Å².